The maximum absolute atomic E-state index is 12.3. The molecule has 1 heterocycles. The molecule has 19 heavy (non-hydrogen) atoms. The Hall–Kier alpha value is -0.490. The van der Waals surface area contributed by atoms with Crippen LogP contribution in [0.15, 0.2) is 0 Å². The summed E-state index contributed by atoms with van der Waals surface area (Å²) in [5.41, 5.74) is 0.650. The maximum Gasteiger partial charge on any atom is 0.265 e. The molecule has 1 amide bonds. The third-order valence-corrected chi connectivity index (χ3v) is 5.04. The van der Waals surface area contributed by atoms with Crippen LogP contribution in [0.2, 0.25) is 0 Å². The average Bonchev–Trinajstić information content (AvgIpc) is 2.81. The summed E-state index contributed by atoms with van der Waals surface area (Å²) in [6, 6.07) is 0.288. The first-order valence-electron chi connectivity index (χ1n) is 6.65. The Morgan fingerprint density at radius 1 is 1.32 bits per heavy atom. The molecule has 2 rings (SSSR count). The van der Waals surface area contributed by atoms with Crippen LogP contribution in [0, 0.1) is 0 Å². The maximum atomic E-state index is 12.3. The molecule has 1 aromatic rings. The van der Waals surface area contributed by atoms with Gasteiger partial charge in [-0.3, -0.25) is 4.79 Å². The predicted octanol–water partition coefficient (Wildman–Crippen LogP) is 3.27. The van der Waals surface area contributed by atoms with E-state index in [1.165, 1.54) is 11.5 Å². The fraction of sp³-hybridized carbons (Fsp3) is 0.769. The van der Waals surface area contributed by atoms with E-state index in [0.717, 1.165) is 31.4 Å². The lowest BCUT2D eigenvalue weighted by Crippen LogP contribution is -2.38. The van der Waals surface area contributed by atoms with Gasteiger partial charge in [0.1, 0.15) is 4.88 Å². The highest BCUT2D eigenvalue weighted by molar-refractivity contribution is 9.09. The summed E-state index contributed by atoms with van der Waals surface area (Å²) in [5.74, 6) is -0.0158. The van der Waals surface area contributed by atoms with E-state index >= 15 is 0 Å². The molecule has 1 fully saturated rings. The summed E-state index contributed by atoms with van der Waals surface area (Å²) in [4.78, 5) is 13.6. The summed E-state index contributed by atoms with van der Waals surface area (Å²) in [6.45, 7) is 6.16. The van der Waals surface area contributed by atoms with Crippen molar-refractivity contribution in [3.63, 3.8) is 0 Å². The Balaban J connectivity index is 2.03. The molecular weight excluding hydrogens is 326 g/mol. The zero-order valence-electron chi connectivity index (χ0n) is 11.6. The highest BCUT2D eigenvalue weighted by Gasteiger charge is 2.28. The van der Waals surface area contributed by atoms with Crippen molar-refractivity contribution in [2.24, 2.45) is 0 Å². The van der Waals surface area contributed by atoms with Gasteiger partial charge in [-0.15, -0.1) is 5.10 Å². The van der Waals surface area contributed by atoms with Crippen molar-refractivity contribution < 1.29 is 4.79 Å². The number of carbonyl (C=O) groups is 1. The second kappa shape index (κ2) is 5.87. The van der Waals surface area contributed by atoms with Gasteiger partial charge >= 0.3 is 0 Å². The summed E-state index contributed by atoms with van der Waals surface area (Å²) >= 11 is 4.82. The molecule has 1 saturated carbocycles. The average molecular weight is 346 g/mol. The fourth-order valence-corrected chi connectivity index (χ4v) is 3.59. The number of halogens is 1. The van der Waals surface area contributed by atoms with Gasteiger partial charge < -0.3 is 5.32 Å². The number of nitrogens with one attached hydrogen (secondary N) is 1. The van der Waals surface area contributed by atoms with Gasteiger partial charge in [-0.2, -0.15) is 0 Å². The first kappa shape index (κ1) is 14.9. The summed E-state index contributed by atoms with van der Waals surface area (Å²) < 4.78 is 3.94. The minimum Gasteiger partial charge on any atom is -0.349 e. The van der Waals surface area contributed by atoms with Crippen molar-refractivity contribution >= 4 is 33.4 Å². The zero-order valence-corrected chi connectivity index (χ0v) is 14.0. The normalized spacial score (nSPS) is 24.2. The minimum absolute atomic E-state index is 0.0158. The van der Waals surface area contributed by atoms with Crippen LogP contribution in [0.4, 0.5) is 0 Å². The number of aromatic nitrogens is 2. The quantitative estimate of drug-likeness (QED) is 0.836. The second-order valence-corrected chi connectivity index (χ2v) is 8.17. The molecule has 1 aliphatic carbocycles. The molecule has 6 heteroatoms. The van der Waals surface area contributed by atoms with Gasteiger partial charge in [-0.25, -0.2) is 0 Å². The van der Waals surface area contributed by atoms with Gasteiger partial charge in [-0.1, -0.05) is 41.2 Å². The third-order valence-electron chi connectivity index (χ3n) is 3.40. The Morgan fingerprint density at radius 2 is 1.95 bits per heavy atom. The standard InChI is InChI=1S/C13H20BrN3OS/c1-13(2,3)11-10(19-17-16-11)12(18)15-9-6-4-8(14)5-7-9/h8-9H,4-7H2,1-3H3,(H,15,18). The topological polar surface area (TPSA) is 54.9 Å². The Labute approximate surface area is 126 Å². The number of amides is 1. The molecule has 0 atom stereocenters. The Morgan fingerprint density at radius 3 is 2.53 bits per heavy atom. The molecular formula is C13H20BrN3OS. The molecule has 0 saturated heterocycles. The first-order chi connectivity index (χ1) is 8.88. The molecule has 0 bridgehead atoms. The van der Waals surface area contributed by atoms with Crippen molar-refractivity contribution in [3.8, 4) is 0 Å². The fourth-order valence-electron chi connectivity index (χ4n) is 2.28. The van der Waals surface area contributed by atoms with E-state index in [4.69, 9.17) is 0 Å². The van der Waals surface area contributed by atoms with E-state index in [9.17, 15) is 4.79 Å². The predicted molar refractivity (Wildman–Crippen MR) is 81.0 cm³/mol. The van der Waals surface area contributed by atoms with E-state index in [-0.39, 0.29) is 17.4 Å². The van der Waals surface area contributed by atoms with Crippen molar-refractivity contribution in [1.82, 2.24) is 14.9 Å². The summed E-state index contributed by atoms with van der Waals surface area (Å²) in [5, 5.41) is 7.24. The highest BCUT2D eigenvalue weighted by Crippen LogP contribution is 2.27. The monoisotopic (exact) mass is 345 g/mol. The Bertz CT molecular complexity index is 447. The molecule has 0 aromatic carbocycles. The summed E-state index contributed by atoms with van der Waals surface area (Å²) in [7, 11) is 0. The van der Waals surface area contributed by atoms with Crippen molar-refractivity contribution in [2.75, 3.05) is 0 Å². The van der Waals surface area contributed by atoms with E-state index in [1.807, 2.05) is 0 Å². The molecule has 1 aromatic heterocycles. The SMILES string of the molecule is CC(C)(C)c1nnsc1C(=O)NC1CCC(Br)CC1. The molecule has 4 nitrogen and oxygen atoms in total. The molecule has 1 aliphatic rings. The van der Waals surface area contributed by atoms with Gasteiger partial charge in [-0.05, 0) is 37.2 Å². The molecule has 0 radical (unpaired) electrons. The molecule has 106 valence electrons. The van der Waals surface area contributed by atoms with Crippen LogP contribution < -0.4 is 5.32 Å². The molecule has 0 spiro atoms. The van der Waals surface area contributed by atoms with Crippen LogP contribution in [0.25, 0.3) is 0 Å². The lowest BCUT2D eigenvalue weighted by molar-refractivity contribution is 0.0930. The number of nitrogens with zero attached hydrogens (tertiary/aromatic N) is 2. The Kier molecular flexibility index (Phi) is 4.61. The van der Waals surface area contributed by atoms with E-state index < -0.39 is 0 Å². The van der Waals surface area contributed by atoms with E-state index in [0.29, 0.717) is 9.70 Å². The minimum atomic E-state index is -0.146. The zero-order chi connectivity index (χ0) is 14.0. The molecule has 0 aliphatic heterocycles. The van der Waals surface area contributed by atoms with Crippen LogP contribution in [-0.4, -0.2) is 26.4 Å². The lowest BCUT2D eigenvalue weighted by atomic mass is 9.91. The van der Waals surface area contributed by atoms with Crippen LogP contribution in [0.1, 0.15) is 61.8 Å². The van der Waals surface area contributed by atoms with Gasteiger partial charge in [0.05, 0.1) is 5.69 Å². The number of hydrogen-bond donors (Lipinski definition) is 1. The van der Waals surface area contributed by atoms with Crippen LogP contribution in [0.5, 0.6) is 0 Å². The van der Waals surface area contributed by atoms with Crippen LogP contribution >= 0.6 is 27.5 Å². The number of carbonyl (C=O) groups excluding carboxylic acids is 1. The molecule has 1 N–H and O–H groups in total. The summed E-state index contributed by atoms with van der Waals surface area (Å²) in [6.07, 6.45) is 4.33. The van der Waals surface area contributed by atoms with Crippen LogP contribution in [-0.2, 0) is 5.41 Å². The largest absolute Gasteiger partial charge is 0.349 e. The van der Waals surface area contributed by atoms with Crippen molar-refractivity contribution in [1.29, 1.82) is 0 Å². The number of hydrogen-bond acceptors (Lipinski definition) is 4. The van der Waals surface area contributed by atoms with Crippen molar-refractivity contribution in [2.45, 2.75) is 62.7 Å². The van der Waals surface area contributed by atoms with Crippen LogP contribution in [0.3, 0.4) is 0 Å². The van der Waals surface area contributed by atoms with Gasteiger partial charge in [0, 0.05) is 16.3 Å². The first-order valence-corrected chi connectivity index (χ1v) is 8.34. The van der Waals surface area contributed by atoms with Gasteiger partial charge in [0.2, 0.25) is 0 Å². The van der Waals surface area contributed by atoms with E-state index in [1.54, 1.807) is 0 Å². The smallest absolute Gasteiger partial charge is 0.265 e. The van der Waals surface area contributed by atoms with Crippen molar-refractivity contribution in [3.05, 3.63) is 10.6 Å². The second-order valence-electron chi connectivity index (χ2n) is 6.12. The lowest BCUT2D eigenvalue weighted by Gasteiger charge is -2.26. The van der Waals surface area contributed by atoms with E-state index in [2.05, 4.69) is 51.6 Å². The third kappa shape index (κ3) is 3.75. The van der Waals surface area contributed by atoms with Gasteiger partial charge in [0.15, 0.2) is 0 Å². The number of alkyl halides is 1. The van der Waals surface area contributed by atoms with Gasteiger partial charge in [0.25, 0.3) is 5.91 Å². The number of rotatable bonds is 2. The highest BCUT2D eigenvalue weighted by atomic mass is 79.9. The molecule has 0 unspecified atom stereocenters.